The van der Waals surface area contributed by atoms with E-state index in [2.05, 4.69) is 36.5 Å². The molecular formula is C17H15N9O. The minimum Gasteiger partial charge on any atom is -0.394 e. The topological polar surface area (TPSA) is 112 Å². The Hall–Kier alpha value is -3.66. The molecule has 0 aliphatic carbocycles. The first-order chi connectivity index (χ1) is 13.3. The minimum atomic E-state index is 0.0318. The summed E-state index contributed by atoms with van der Waals surface area (Å²) in [6.07, 6.45) is 8.86. The van der Waals surface area contributed by atoms with Gasteiger partial charge in [-0.2, -0.15) is 10.2 Å². The van der Waals surface area contributed by atoms with Gasteiger partial charge >= 0.3 is 0 Å². The molecule has 0 spiro atoms. The molecule has 10 nitrogen and oxygen atoms in total. The van der Waals surface area contributed by atoms with Crippen LogP contribution in [0.1, 0.15) is 5.56 Å². The fourth-order valence-electron chi connectivity index (χ4n) is 2.96. The number of aromatic nitrogens is 9. The van der Waals surface area contributed by atoms with Crippen molar-refractivity contribution in [2.45, 2.75) is 13.1 Å². The molecule has 1 N–H and O–H groups in total. The lowest BCUT2D eigenvalue weighted by atomic mass is 10.2. The summed E-state index contributed by atoms with van der Waals surface area (Å²) in [4.78, 5) is 9.03. The normalized spacial score (nSPS) is 11.6. The van der Waals surface area contributed by atoms with Crippen LogP contribution in [0.25, 0.3) is 28.1 Å². The summed E-state index contributed by atoms with van der Waals surface area (Å²) in [6, 6.07) is 5.99. The molecule has 0 amide bonds. The average Bonchev–Trinajstić information content (AvgIpc) is 3.41. The summed E-state index contributed by atoms with van der Waals surface area (Å²) in [6.45, 7) is 0.996. The van der Waals surface area contributed by atoms with Crippen LogP contribution in [0.15, 0.2) is 49.2 Å². The van der Waals surface area contributed by atoms with Crippen LogP contribution in [-0.2, 0) is 13.1 Å². The van der Waals surface area contributed by atoms with E-state index in [0.29, 0.717) is 30.1 Å². The lowest BCUT2D eigenvalue weighted by Crippen LogP contribution is -2.04. The van der Waals surface area contributed by atoms with Crippen LogP contribution >= 0.6 is 0 Å². The van der Waals surface area contributed by atoms with Crippen LogP contribution in [0.3, 0.4) is 0 Å². The first kappa shape index (κ1) is 15.6. The highest BCUT2D eigenvalue weighted by Crippen LogP contribution is 2.18. The molecule has 0 bridgehead atoms. The van der Waals surface area contributed by atoms with Gasteiger partial charge in [-0.25, -0.2) is 19.2 Å². The monoisotopic (exact) mass is 361 g/mol. The highest BCUT2D eigenvalue weighted by molar-refractivity contribution is 5.69. The summed E-state index contributed by atoms with van der Waals surface area (Å²) in [5.74, 6) is 0. The second-order valence-electron chi connectivity index (χ2n) is 6.10. The van der Waals surface area contributed by atoms with Crippen molar-refractivity contribution < 1.29 is 5.11 Å². The maximum Gasteiger partial charge on any atom is 0.221 e. The predicted octanol–water partition coefficient (Wildman–Crippen LogP) is 0.773. The average molecular weight is 361 g/mol. The number of aliphatic hydroxyl groups excluding tert-OH is 1. The fourth-order valence-corrected chi connectivity index (χ4v) is 2.96. The highest BCUT2D eigenvalue weighted by atomic mass is 16.3. The van der Waals surface area contributed by atoms with Crippen molar-refractivity contribution in [3.05, 3.63) is 54.7 Å². The molecule has 0 atom stereocenters. The van der Waals surface area contributed by atoms with Crippen molar-refractivity contribution in [2.75, 3.05) is 6.61 Å². The Morgan fingerprint density at radius 3 is 3.00 bits per heavy atom. The third-order valence-corrected chi connectivity index (χ3v) is 4.28. The van der Waals surface area contributed by atoms with E-state index in [1.54, 1.807) is 28.0 Å². The van der Waals surface area contributed by atoms with Gasteiger partial charge in [-0.3, -0.25) is 4.68 Å². The van der Waals surface area contributed by atoms with E-state index in [1.807, 2.05) is 29.0 Å². The minimum absolute atomic E-state index is 0.0318. The third kappa shape index (κ3) is 2.81. The van der Waals surface area contributed by atoms with Gasteiger partial charge in [0, 0.05) is 24.2 Å². The van der Waals surface area contributed by atoms with Gasteiger partial charge in [-0.05, 0) is 23.8 Å². The second-order valence-corrected chi connectivity index (χ2v) is 6.10. The van der Waals surface area contributed by atoms with E-state index in [-0.39, 0.29) is 6.61 Å². The molecule has 5 aromatic heterocycles. The molecule has 0 aliphatic rings. The molecule has 5 rings (SSSR count). The number of fused-ring (bicyclic) bond motifs is 2. The summed E-state index contributed by atoms with van der Waals surface area (Å²) < 4.78 is 5.20. The van der Waals surface area contributed by atoms with Gasteiger partial charge in [0.2, 0.25) is 5.65 Å². The molecule has 5 heterocycles. The molecular weight excluding hydrogens is 346 g/mol. The molecule has 0 radical (unpaired) electrons. The van der Waals surface area contributed by atoms with Crippen molar-refractivity contribution in [3.8, 4) is 11.3 Å². The molecule has 0 saturated carbocycles. The molecule has 27 heavy (non-hydrogen) atoms. The van der Waals surface area contributed by atoms with Gasteiger partial charge in [0.25, 0.3) is 0 Å². The Morgan fingerprint density at radius 1 is 1.11 bits per heavy atom. The van der Waals surface area contributed by atoms with Crippen LogP contribution < -0.4 is 0 Å². The predicted molar refractivity (Wildman–Crippen MR) is 95.7 cm³/mol. The fraction of sp³-hybridized carbons (Fsp3) is 0.176. The Labute approximate surface area is 152 Å². The molecule has 5 aromatic rings. The van der Waals surface area contributed by atoms with Crippen molar-refractivity contribution in [1.82, 2.24) is 44.4 Å². The Balaban J connectivity index is 1.50. The molecule has 0 aliphatic heterocycles. The molecule has 0 aromatic carbocycles. The van der Waals surface area contributed by atoms with Crippen molar-refractivity contribution in [1.29, 1.82) is 0 Å². The highest BCUT2D eigenvalue weighted by Gasteiger charge is 2.12. The van der Waals surface area contributed by atoms with Gasteiger partial charge in [0.05, 0.1) is 43.3 Å². The van der Waals surface area contributed by atoms with E-state index in [1.165, 1.54) is 0 Å². The van der Waals surface area contributed by atoms with E-state index < -0.39 is 0 Å². The van der Waals surface area contributed by atoms with Crippen molar-refractivity contribution >= 4 is 16.8 Å². The Kier molecular flexibility index (Phi) is 3.61. The zero-order chi connectivity index (χ0) is 18.2. The number of aliphatic hydroxyl groups is 1. The van der Waals surface area contributed by atoms with E-state index >= 15 is 0 Å². The number of pyridine rings is 1. The zero-order valence-electron chi connectivity index (χ0n) is 14.2. The summed E-state index contributed by atoms with van der Waals surface area (Å²) in [7, 11) is 0. The summed E-state index contributed by atoms with van der Waals surface area (Å²) >= 11 is 0. The van der Waals surface area contributed by atoms with E-state index in [0.717, 1.165) is 16.6 Å². The standard InChI is InChI=1S/C17H15N9O/c27-6-5-24-11-13(8-20-24)15-9-18-16-17(21-15)26(23-22-16)10-12-2-4-25-14(7-12)1-3-19-25/h1-4,7-9,11,27H,5-6,10H2. The lowest BCUT2D eigenvalue weighted by molar-refractivity contribution is 0.269. The molecule has 10 heteroatoms. The molecule has 0 unspecified atom stereocenters. The lowest BCUT2D eigenvalue weighted by Gasteiger charge is -2.04. The largest absolute Gasteiger partial charge is 0.394 e. The Morgan fingerprint density at radius 2 is 2.07 bits per heavy atom. The summed E-state index contributed by atoms with van der Waals surface area (Å²) in [5.41, 5.74) is 4.69. The maximum atomic E-state index is 9.03. The maximum absolute atomic E-state index is 9.03. The van der Waals surface area contributed by atoms with Gasteiger partial charge in [0.15, 0.2) is 5.65 Å². The van der Waals surface area contributed by atoms with Crippen LogP contribution in [-0.4, -0.2) is 56.1 Å². The third-order valence-electron chi connectivity index (χ3n) is 4.28. The number of nitrogens with zero attached hydrogens (tertiary/aromatic N) is 9. The Bertz CT molecular complexity index is 1240. The van der Waals surface area contributed by atoms with Gasteiger partial charge < -0.3 is 5.11 Å². The van der Waals surface area contributed by atoms with Crippen LogP contribution in [0.5, 0.6) is 0 Å². The van der Waals surface area contributed by atoms with E-state index in [4.69, 9.17) is 5.11 Å². The first-order valence-electron chi connectivity index (χ1n) is 8.42. The quantitative estimate of drug-likeness (QED) is 0.492. The smallest absolute Gasteiger partial charge is 0.221 e. The zero-order valence-corrected chi connectivity index (χ0v) is 14.2. The van der Waals surface area contributed by atoms with Crippen molar-refractivity contribution in [2.24, 2.45) is 0 Å². The van der Waals surface area contributed by atoms with Gasteiger partial charge in [-0.15, -0.1) is 5.10 Å². The number of rotatable bonds is 5. The summed E-state index contributed by atoms with van der Waals surface area (Å²) in [5, 5.41) is 25.7. The first-order valence-corrected chi connectivity index (χ1v) is 8.42. The molecule has 134 valence electrons. The van der Waals surface area contributed by atoms with Crippen LogP contribution in [0.4, 0.5) is 0 Å². The van der Waals surface area contributed by atoms with Gasteiger partial charge in [-0.1, -0.05) is 5.21 Å². The van der Waals surface area contributed by atoms with Crippen molar-refractivity contribution in [3.63, 3.8) is 0 Å². The number of hydrogen-bond donors (Lipinski definition) is 1. The number of hydrogen-bond acceptors (Lipinski definition) is 7. The molecule has 0 fully saturated rings. The van der Waals surface area contributed by atoms with E-state index in [9.17, 15) is 0 Å². The molecule has 0 saturated heterocycles. The van der Waals surface area contributed by atoms with Crippen LogP contribution in [0.2, 0.25) is 0 Å². The second kappa shape index (κ2) is 6.25. The van der Waals surface area contributed by atoms with Gasteiger partial charge in [0.1, 0.15) is 0 Å². The SMILES string of the molecule is OCCn1cc(-c2cnc3nnn(Cc4ccn5nccc5c4)c3n2)cn1. The van der Waals surface area contributed by atoms with Crippen LogP contribution in [0, 0.1) is 0 Å².